The summed E-state index contributed by atoms with van der Waals surface area (Å²) in [6.45, 7) is 3.39. The molecule has 3 aromatic rings. The fourth-order valence-electron chi connectivity index (χ4n) is 4.54. The molecular formula is C22H19F2N3O3. The average molecular weight is 411 g/mol. The van der Waals surface area contributed by atoms with Gasteiger partial charge in [0.05, 0.1) is 11.2 Å². The van der Waals surface area contributed by atoms with Crippen molar-refractivity contribution in [2.75, 3.05) is 31.1 Å². The molecule has 2 saturated heterocycles. The number of aromatic carboxylic acids is 1. The number of rotatable bonds is 3. The highest BCUT2D eigenvalue weighted by atomic mass is 19.1. The Kier molecular flexibility index (Phi) is 4.32. The summed E-state index contributed by atoms with van der Waals surface area (Å²) in [5.41, 5.74) is 0.0448. The minimum Gasteiger partial charge on any atom is -0.477 e. The van der Waals surface area contributed by atoms with Crippen molar-refractivity contribution in [1.82, 2.24) is 9.47 Å². The Hall–Kier alpha value is -3.26. The molecule has 2 unspecified atom stereocenters. The summed E-state index contributed by atoms with van der Waals surface area (Å²) >= 11 is 0. The molecule has 0 spiro atoms. The van der Waals surface area contributed by atoms with E-state index in [0.29, 0.717) is 23.4 Å². The second kappa shape index (κ2) is 6.91. The molecule has 6 nitrogen and oxygen atoms in total. The van der Waals surface area contributed by atoms with Crippen molar-refractivity contribution in [2.45, 2.75) is 12.5 Å². The zero-order chi connectivity index (χ0) is 21.0. The summed E-state index contributed by atoms with van der Waals surface area (Å²) in [5.74, 6) is -2.38. The van der Waals surface area contributed by atoms with Crippen molar-refractivity contribution in [3.8, 4) is 5.69 Å². The fraction of sp³-hybridized carbons (Fsp3) is 0.273. The first-order chi connectivity index (χ1) is 14.4. The smallest absolute Gasteiger partial charge is 0.341 e. The molecule has 30 heavy (non-hydrogen) atoms. The molecule has 0 radical (unpaired) electrons. The van der Waals surface area contributed by atoms with Crippen LogP contribution in [0.2, 0.25) is 0 Å². The van der Waals surface area contributed by atoms with Gasteiger partial charge in [-0.2, -0.15) is 0 Å². The molecule has 2 atom stereocenters. The lowest BCUT2D eigenvalue weighted by atomic mass is 10.1. The van der Waals surface area contributed by atoms with E-state index in [1.165, 1.54) is 35.0 Å². The first-order valence-electron chi connectivity index (χ1n) is 9.79. The maximum Gasteiger partial charge on any atom is 0.341 e. The molecule has 0 saturated carbocycles. The Bertz CT molecular complexity index is 1220. The van der Waals surface area contributed by atoms with E-state index >= 15 is 4.39 Å². The predicted octanol–water partition coefficient (Wildman–Crippen LogP) is 2.86. The van der Waals surface area contributed by atoms with Crippen LogP contribution in [0.4, 0.5) is 14.5 Å². The van der Waals surface area contributed by atoms with Gasteiger partial charge in [-0.15, -0.1) is 0 Å². The maximum atomic E-state index is 15.1. The van der Waals surface area contributed by atoms with Gasteiger partial charge >= 0.3 is 5.97 Å². The molecular weight excluding hydrogens is 392 g/mol. The zero-order valence-corrected chi connectivity index (χ0v) is 16.0. The third-order valence-electron chi connectivity index (χ3n) is 6.06. The lowest BCUT2D eigenvalue weighted by molar-refractivity contribution is 0.0695. The van der Waals surface area contributed by atoms with Crippen LogP contribution in [0.3, 0.4) is 0 Å². The van der Waals surface area contributed by atoms with Gasteiger partial charge < -0.3 is 14.6 Å². The summed E-state index contributed by atoms with van der Waals surface area (Å²) < 4.78 is 30.1. The number of piperazine rings is 1. The molecule has 1 N–H and O–H groups in total. The molecule has 8 heteroatoms. The van der Waals surface area contributed by atoms with E-state index in [9.17, 15) is 19.1 Å². The van der Waals surface area contributed by atoms with Crippen LogP contribution in [0.5, 0.6) is 0 Å². The van der Waals surface area contributed by atoms with E-state index in [1.54, 1.807) is 6.07 Å². The number of benzene rings is 2. The Labute approximate surface area is 170 Å². The van der Waals surface area contributed by atoms with Gasteiger partial charge in [0.25, 0.3) is 0 Å². The minimum atomic E-state index is -1.40. The number of nitrogens with zero attached hydrogens (tertiary/aromatic N) is 3. The van der Waals surface area contributed by atoms with Gasteiger partial charge in [0.1, 0.15) is 17.2 Å². The second-order valence-corrected chi connectivity index (χ2v) is 7.78. The number of carboxylic acids is 1. The number of aromatic nitrogens is 1. The Balaban J connectivity index is 1.76. The number of fused-ring (bicyclic) bond motifs is 3. The van der Waals surface area contributed by atoms with Crippen LogP contribution in [0, 0.1) is 11.6 Å². The number of anilines is 1. The maximum absolute atomic E-state index is 15.1. The van der Waals surface area contributed by atoms with Crippen LogP contribution >= 0.6 is 0 Å². The molecule has 3 heterocycles. The summed E-state index contributed by atoms with van der Waals surface area (Å²) in [5, 5.41) is 9.44. The normalized spacial score (nSPS) is 20.7. The highest BCUT2D eigenvalue weighted by Crippen LogP contribution is 2.32. The zero-order valence-electron chi connectivity index (χ0n) is 16.0. The average Bonchev–Trinajstić information content (AvgIpc) is 3.10. The number of carbonyl (C=O) groups is 1. The fourth-order valence-corrected chi connectivity index (χ4v) is 4.54. The van der Waals surface area contributed by atoms with Gasteiger partial charge in [-0.1, -0.05) is 0 Å². The minimum absolute atomic E-state index is 0.0227. The summed E-state index contributed by atoms with van der Waals surface area (Å²) in [7, 11) is 0. The van der Waals surface area contributed by atoms with Crippen molar-refractivity contribution in [1.29, 1.82) is 0 Å². The summed E-state index contributed by atoms with van der Waals surface area (Å²) in [6.07, 6.45) is 2.16. The summed E-state index contributed by atoms with van der Waals surface area (Å²) in [4.78, 5) is 28.7. The van der Waals surface area contributed by atoms with Crippen molar-refractivity contribution < 1.29 is 18.7 Å². The molecule has 0 amide bonds. The van der Waals surface area contributed by atoms with Crippen LogP contribution < -0.4 is 10.3 Å². The second-order valence-electron chi connectivity index (χ2n) is 7.78. The molecule has 154 valence electrons. The molecule has 2 bridgehead atoms. The SMILES string of the molecule is O=C(O)c1cn(-c2ccc(F)cc2)c2cc(N3CCN4CCC3C4)c(F)cc2c1=O. The third kappa shape index (κ3) is 2.95. The highest BCUT2D eigenvalue weighted by Gasteiger charge is 2.34. The summed E-state index contributed by atoms with van der Waals surface area (Å²) in [6, 6.07) is 8.42. The standard InChI is InChI=1S/C22H19F2N3O3/c23-13-1-3-14(4-2-13)27-12-17(22(29)30)21(28)16-9-18(24)20(10-19(16)27)26-8-7-25-6-5-15(26)11-25/h1-4,9-10,12,15H,5-8,11H2,(H,29,30). The third-order valence-corrected chi connectivity index (χ3v) is 6.06. The molecule has 2 fully saturated rings. The van der Waals surface area contributed by atoms with Crippen molar-refractivity contribution >= 4 is 22.6 Å². The topological polar surface area (TPSA) is 65.8 Å². The quantitative estimate of drug-likeness (QED) is 0.718. The molecule has 2 aliphatic rings. The van der Waals surface area contributed by atoms with Crippen molar-refractivity contribution in [2.24, 2.45) is 0 Å². The van der Waals surface area contributed by atoms with Crippen LogP contribution in [0.1, 0.15) is 16.8 Å². The van der Waals surface area contributed by atoms with Crippen LogP contribution in [0.25, 0.3) is 16.6 Å². The number of hydrogen-bond acceptors (Lipinski definition) is 4. The van der Waals surface area contributed by atoms with Crippen LogP contribution in [0.15, 0.2) is 47.4 Å². The molecule has 1 aromatic heterocycles. The predicted molar refractivity (Wildman–Crippen MR) is 109 cm³/mol. The van der Waals surface area contributed by atoms with E-state index in [4.69, 9.17) is 0 Å². The lowest BCUT2D eigenvalue weighted by Crippen LogP contribution is -2.47. The van der Waals surface area contributed by atoms with Crippen molar-refractivity contribution in [3.63, 3.8) is 0 Å². The van der Waals surface area contributed by atoms with Crippen LogP contribution in [-0.4, -0.2) is 52.8 Å². The largest absolute Gasteiger partial charge is 0.477 e. The molecule has 2 aromatic carbocycles. The van der Waals surface area contributed by atoms with Gasteiger partial charge in [-0.05, 0) is 42.8 Å². The Morgan fingerprint density at radius 1 is 1.07 bits per heavy atom. The molecule has 5 rings (SSSR count). The number of halogens is 2. The molecule has 2 aliphatic heterocycles. The van der Waals surface area contributed by atoms with Gasteiger partial charge in [0, 0.05) is 49.5 Å². The van der Waals surface area contributed by atoms with Crippen LogP contribution in [-0.2, 0) is 0 Å². The van der Waals surface area contributed by atoms with E-state index in [0.717, 1.165) is 32.1 Å². The first-order valence-corrected chi connectivity index (χ1v) is 9.79. The van der Waals surface area contributed by atoms with Gasteiger partial charge in [-0.25, -0.2) is 13.6 Å². The van der Waals surface area contributed by atoms with E-state index in [1.807, 2.05) is 4.90 Å². The monoisotopic (exact) mass is 411 g/mol. The number of carboxylic acid groups (broad SMARTS) is 1. The van der Waals surface area contributed by atoms with Gasteiger partial charge in [0.2, 0.25) is 5.43 Å². The Morgan fingerprint density at radius 2 is 1.83 bits per heavy atom. The van der Waals surface area contributed by atoms with Gasteiger partial charge in [0.15, 0.2) is 0 Å². The first kappa shape index (κ1) is 18.7. The Morgan fingerprint density at radius 3 is 2.57 bits per heavy atom. The van der Waals surface area contributed by atoms with E-state index in [-0.39, 0.29) is 11.4 Å². The van der Waals surface area contributed by atoms with Crippen molar-refractivity contribution in [3.05, 3.63) is 70.0 Å². The lowest BCUT2D eigenvalue weighted by Gasteiger charge is -2.36. The number of hydrogen-bond donors (Lipinski definition) is 1. The highest BCUT2D eigenvalue weighted by molar-refractivity contribution is 5.94. The van der Waals surface area contributed by atoms with Gasteiger partial charge in [-0.3, -0.25) is 9.69 Å². The molecule has 0 aliphatic carbocycles. The van der Waals surface area contributed by atoms with E-state index < -0.39 is 28.6 Å². The van der Waals surface area contributed by atoms with E-state index in [2.05, 4.69) is 4.90 Å². The number of pyridine rings is 1.